The van der Waals surface area contributed by atoms with E-state index in [1.807, 2.05) is 0 Å². The summed E-state index contributed by atoms with van der Waals surface area (Å²) in [6.07, 6.45) is 4.44. The SMILES string of the molecule is CNS(=O)(=O)c1ccc(C(=O)NC2CCN(C3CC3)CC2)o1. The van der Waals surface area contributed by atoms with Crippen molar-refractivity contribution >= 4 is 15.9 Å². The quantitative estimate of drug-likeness (QED) is 0.824. The van der Waals surface area contributed by atoms with Crippen LogP contribution in [-0.4, -0.2) is 51.4 Å². The van der Waals surface area contributed by atoms with E-state index >= 15 is 0 Å². The van der Waals surface area contributed by atoms with E-state index in [-0.39, 0.29) is 22.8 Å². The fourth-order valence-corrected chi connectivity index (χ4v) is 3.44. The molecule has 2 fully saturated rings. The molecule has 122 valence electrons. The number of carbonyl (C=O) groups is 1. The van der Waals surface area contributed by atoms with Crippen LogP contribution in [0.5, 0.6) is 0 Å². The van der Waals surface area contributed by atoms with Gasteiger partial charge in [0.2, 0.25) is 5.09 Å². The molecule has 2 aliphatic rings. The van der Waals surface area contributed by atoms with Crippen molar-refractivity contribution < 1.29 is 17.6 Å². The van der Waals surface area contributed by atoms with E-state index in [4.69, 9.17) is 4.42 Å². The summed E-state index contributed by atoms with van der Waals surface area (Å²) < 4.78 is 30.5. The molecule has 22 heavy (non-hydrogen) atoms. The van der Waals surface area contributed by atoms with Crippen LogP contribution < -0.4 is 10.0 Å². The second-order valence-corrected chi connectivity index (χ2v) is 7.66. The van der Waals surface area contributed by atoms with Gasteiger partial charge in [0.1, 0.15) is 0 Å². The summed E-state index contributed by atoms with van der Waals surface area (Å²) in [5.74, 6) is -0.333. The molecule has 0 unspecified atom stereocenters. The average Bonchev–Trinajstić information content (AvgIpc) is 3.23. The van der Waals surface area contributed by atoms with Gasteiger partial charge in [0.25, 0.3) is 15.9 Å². The molecule has 0 spiro atoms. The topological polar surface area (TPSA) is 91.6 Å². The number of rotatable bonds is 5. The molecule has 0 atom stereocenters. The third kappa shape index (κ3) is 3.34. The predicted octanol–water partition coefficient (Wildman–Crippen LogP) is 0.544. The van der Waals surface area contributed by atoms with Crippen molar-refractivity contribution in [3.63, 3.8) is 0 Å². The lowest BCUT2D eigenvalue weighted by molar-refractivity contribution is 0.0876. The first-order chi connectivity index (χ1) is 10.5. The summed E-state index contributed by atoms with van der Waals surface area (Å²) in [4.78, 5) is 14.6. The van der Waals surface area contributed by atoms with E-state index in [1.54, 1.807) is 0 Å². The number of hydrogen-bond acceptors (Lipinski definition) is 5. The largest absolute Gasteiger partial charge is 0.438 e. The highest BCUT2D eigenvalue weighted by molar-refractivity contribution is 7.89. The number of likely N-dealkylation sites (tertiary alicyclic amines) is 1. The fourth-order valence-electron chi connectivity index (χ4n) is 2.79. The number of carbonyl (C=O) groups excluding carboxylic acids is 1. The van der Waals surface area contributed by atoms with Crippen LogP contribution in [0.25, 0.3) is 0 Å². The minimum absolute atomic E-state index is 0.0263. The molecule has 8 heteroatoms. The van der Waals surface area contributed by atoms with Gasteiger partial charge in [-0.15, -0.1) is 0 Å². The number of sulfonamides is 1. The van der Waals surface area contributed by atoms with E-state index < -0.39 is 10.0 Å². The minimum Gasteiger partial charge on any atom is -0.438 e. The molecular weight excluding hydrogens is 306 g/mol. The first-order valence-electron chi connectivity index (χ1n) is 7.58. The maximum Gasteiger partial charge on any atom is 0.287 e. The van der Waals surface area contributed by atoms with Gasteiger partial charge in [-0.05, 0) is 44.9 Å². The molecule has 1 aromatic rings. The van der Waals surface area contributed by atoms with Crippen molar-refractivity contribution in [2.75, 3.05) is 20.1 Å². The second kappa shape index (κ2) is 6.02. The fraction of sp³-hybridized carbons (Fsp3) is 0.643. The minimum atomic E-state index is -3.66. The van der Waals surface area contributed by atoms with E-state index in [0.29, 0.717) is 0 Å². The number of furan rings is 1. The maximum absolute atomic E-state index is 12.1. The summed E-state index contributed by atoms with van der Waals surface area (Å²) >= 11 is 0. The monoisotopic (exact) mass is 327 g/mol. The van der Waals surface area contributed by atoms with E-state index in [1.165, 1.54) is 32.0 Å². The number of nitrogens with zero attached hydrogens (tertiary/aromatic N) is 1. The zero-order chi connectivity index (χ0) is 15.7. The van der Waals surface area contributed by atoms with Crippen LogP contribution in [0.4, 0.5) is 0 Å². The van der Waals surface area contributed by atoms with Crippen LogP contribution in [0, 0.1) is 0 Å². The van der Waals surface area contributed by atoms with Crippen LogP contribution in [0.3, 0.4) is 0 Å². The molecule has 1 saturated carbocycles. The molecule has 7 nitrogen and oxygen atoms in total. The Morgan fingerprint density at radius 3 is 2.50 bits per heavy atom. The third-order valence-corrected chi connectivity index (χ3v) is 5.55. The molecule has 1 aromatic heterocycles. The van der Waals surface area contributed by atoms with Gasteiger partial charge in [-0.1, -0.05) is 0 Å². The molecular formula is C14H21N3O4S. The Kier molecular flexibility index (Phi) is 4.24. The van der Waals surface area contributed by atoms with Gasteiger partial charge in [-0.2, -0.15) is 0 Å². The molecule has 1 aliphatic heterocycles. The Hall–Kier alpha value is -1.38. The molecule has 1 aliphatic carbocycles. The second-order valence-electron chi connectivity index (χ2n) is 5.84. The lowest BCUT2D eigenvalue weighted by Gasteiger charge is -2.32. The smallest absolute Gasteiger partial charge is 0.287 e. The lowest BCUT2D eigenvalue weighted by atomic mass is 10.0. The van der Waals surface area contributed by atoms with Gasteiger partial charge in [0.05, 0.1) is 0 Å². The molecule has 0 aromatic carbocycles. The van der Waals surface area contributed by atoms with Gasteiger partial charge < -0.3 is 14.6 Å². The summed E-state index contributed by atoms with van der Waals surface area (Å²) in [7, 11) is -2.36. The lowest BCUT2D eigenvalue weighted by Crippen LogP contribution is -2.45. The van der Waals surface area contributed by atoms with Gasteiger partial charge in [-0.3, -0.25) is 4.79 Å². The zero-order valence-electron chi connectivity index (χ0n) is 12.5. The van der Waals surface area contributed by atoms with Crippen LogP contribution in [-0.2, 0) is 10.0 Å². The number of nitrogens with one attached hydrogen (secondary N) is 2. The number of piperidine rings is 1. The average molecular weight is 327 g/mol. The highest BCUT2D eigenvalue weighted by Gasteiger charge is 2.32. The molecule has 1 amide bonds. The van der Waals surface area contributed by atoms with Crippen molar-refractivity contribution in [3.05, 3.63) is 17.9 Å². The van der Waals surface area contributed by atoms with E-state index in [0.717, 1.165) is 32.0 Å². The number of hydrogen-bond donors (Lipinski definition) is 2. The molecule has 2 heterocycles. The molecule has 0 radical (unpaired) electrons. The van der Waals surface area contributed by atoms with Crippen molar-refractivity contribution in [1.82, 2.24) is 14.9 Å². The summed E-state index contributed by atoms with van der Waals surface area (Å²) in [6.45, 7) is 2.01. The van der Waals surface area contributed by atoms with Gasteiger partial charge >= 0.3 is 0 Å². The molecule has 1 saturated heterocycles. The Labute approximate surface area is 130 Å². The highest BCUT2D eigenvalue weighted by Crippen LogP contribution is 2.29. The Morgan fingerprint density at radius 1 is 1.23 bits per heavy atom. The Balaban J connectivity index is 1.56. The molecule has 0 bridgehead atoms. The molecule has 2 N–H and O–H groups in total. The van der Waals surface area contributed by atoms with Crippen molar-refractivity contribution in [1.29, 1.82) is 0 Å². The van der Waals surface area contributed by atoms with E-state index in [9.17, 15) is 13.2 Å². The van der Waals surface area contributed by atoms with Crippen LogP contribution in [0.1, 0.15) is 36.2 Å². The Morgan fingerprint density at radius 2 is 1.91 bits per heavy atom. The third-order valence-electron chi connectivity index (χ3n) is 4.27. The summed E-state index contributed by atoms with van der Waals surface area (Å²) in [6, 6.07) is 3.56. The maximum atomic E-state index is 12.1. The van der Waals surface area contributed by atoms with Gasteiger partial charge in [-0.25, -0.2) is 13.1 Å². The normalized spacial score (nSPS) is 21.0. The van der Waals surface area contributed by atoms with Gasteiger partial charge in [0.15, 0.2) is 5.76 Å². The Bertz CT molecular complexity index is 643. The van der Waals surface area contributed by atoms with Crippen molar-refractivity contribution in [3.8, 4) is 0 Å². The van der Waals surface area contributed by atoms with Crippen LogP contribution in [0.2, 0.25) is 0 Å². The van der Waals surface area contributed by atoms with E-state index in [2.05, 4.69) is 14.9 Å². The first kappa shape index (κ1) is 15.5. The summed E-state index contributed by atoms with van der Waals surface area (Å²) in [5.41, 5.74) is 0. The van der Waals surface area contributed by atoms with Crippen molar-refractivity contribution in [2.24, 2.45) is 0 Å². The summed E-state index contributed by atoms with van der Waals surface area (Å²) in [5, 5.41) is 2.68. The zero-order valence-corrected chi connectivity index (χ0v) is 13.4. The standard InChI is InChI=1S/C14H21N3O4S/c1-15-22(19,20)13-5-4-12(21-13)14(18)16-10-6-8-17(9-7-10)11-2-3-11/h4-5,10-11,15H,2-3,6-9H2,1H3,(H,16,18). The van der Waals surface area contributed by atoms with Crippen LogP contribution >= 0.6 is 0 Å². The highest BCUT2D eigenvalue weighted by atomic mass is 32.2. The van der Waals surface area contributed by atoms with Crippen LogP contribution in [0.15, 0.2) is 21.6 Å². The molecule has 3 rings (SSSR count). The first-order valence-corrected chi connectivity index (χ1v) is 9.06. The number of amides is 1. The predicted molar refractivity (Wildman–Crippen MR) is 80.0 cm³/mol. The van der Waals surface area contributed by atoms with Crippen molar-refractivity contribution in [2.45, 2.75) is 42.9 Å². The van der Waals surface area contributed by atoms with Gasteiger partial charge in [0, 0.05) is 25.2 Å².